The summed E-state index contributed by atoms with van der Waals surface area (Å²) in [7, 11) is 3.04. The first-order valence-electron chi connectivity index (χ1n) is 5.93. The zero-order chi connectivity index (χ0) is 15.7. The van der Waals surface area contributed by atoms with E-state index in [0.29, 0.717) is 0 Å². The van der Waals surface area contributed by atoms with Crippen molar-refractivity contribution >= 4 is 23.9 Å². The molecule has 0 heterocycles. The van der Waals surface area contributed by atoms with Crippen molar-refractivity contribution < 1.29 is 29.4 Å². The number of nitrogens with zero attached hydrogens (tertiary/aromatic N) is 1. The molecule has 0 aromatic heterocycles. The highest BCUT2D eigenvalue weighted by Crippen LogP contribution is 2.01. The van der Waals surface area contributed by atoms with Crippen molar-refractivity contribution in [1.82, 2.24) is 15.5 Å². The van der Waals surface area contributed by atoms with Crippen molar-refractivity contribution in [2.24, 2.45) is 0 Å². The molecule has 0 saturated heterocycles. The summed E-state index contributed by atoms with van der Waals surface area (Å²) < 4.78 is 0. The third-order valence-corrected chi connectivity index (χ3v) is 2.39. The van der Waals surface area contributed by atoms with E-state index in [1.807, 2.05) is 0 Å². The molecule has 0 unspecified atom stereocenters. The van der Waals surface area contributed by atoms with E-state index in [1.54, 1.807) is 0 Å². The normalized spacial score (nSPS) is 11.3. The van der Waals surface area contributed by atoms with Crippen LogP contribution in [0.2, 0.25) is 0 Å². The fourth-order valence-electron chi connectivity index (χ4n) is 1.24. The number of urea groups is 1. The number of carbonyl (C=O) groups is 4. The minimum Gasteiger partial charge on any atom is -0.481 e. The number of likely N-dealkylation sites (N-methyl/N-ethyl adjacent to an activating group) is 1. The maximum absolute atomic E-state index is 11.4. The lowest BCUT2D eigenvalue weighted by molar-refractivity contribution is -0.140. The second kappa shape index (κ2) is 8.73. The molecule has 0 radical (unpaired) electrons. The molecule has 3 amide bonds. The molecule has 0 bridgehead atoms. The smallest absolute Gasteiger partial charge is 0.326 e. The lowest BCUT2D eigenvalue weighted by Crippen LogP contribution is -2.48. The molecule has 9 heteroatoms. The van der Waals surface area contributed by atoms with Crippen LogP contribution < -0.4 is 10.6 Å². The average molecular weight is 289 g/mol. The van der Waals surface area contributed by atoms with Gasteiger partial charge in [0.25, 0.3) is 0 Å². The zero-order valence-corrected chi connectivity index (χ0v) is 11.4. The molecule has 4 N–H and O–H groups in total. The Morgan fingerprint density at radius 3 is 2.20 bits per heavy atom. The van der Waals surface area contributed by atoms with Crippen LogP contribution in [0.4, 0.5) is 4.79 Å². The molecule has 0 spiro atoms. The van der Waals surface area contributed by atoms with Crippen molar-refractivity contribution in [3.63, 3.8) is 0 Å². The Labute approximate surface area is 115 Å². The number of hydrogen-bond acceptors (Lipinski definition) is 4. The highest BCUT2D eigenvalue weighted by Gasteiger charge is 2.20. The molecule has 20 heavy (non-hydrogen) atoms. The summed E-state index contributed by atoms with van der Waals surface area (Å²) in [5.41, 5.74) is 0. The molecule has 0 aliphatic heterocycles. The van der Waals surface area contributed by atoms with Crippen LogP contribution in [0.15, 0.2) is 0 Å². The van der Waals surface area contributed by atoms with Gasteiger partial charge >= 0.3 is 18.0 Å². The van der Waals surface area contributed by atoms with E-state index < -0.39 is 24.0 Å². The van der Waals surface area contributed by atoms with Gasteiger partial charge in [-0.05, 0) is 12.8 Å². The zero-order valence-electron chi connectivity index (χ0n) is 11.4. The van der Waals surface area contributed by atoms with Gasteiger partial charge in [-0.2, -0.15) is 0 Å². The Bertz CT molecular complexity index is 382. The first-order chi connectivity index (χ1) is 9.23. The molecular formula is C11H19N3O6. The van der Waals surface area contributed by atoms with E-state index in [9.17, 15) is 19.2 Å². The van der Waals surface area contributed by atoms with Crippen LogP contribution in [0.25, 0.3) is 0 Å². The third-order valence-electron chi connectivity index (χ3n) is 2.39. The second-order valence-corrected chi connectivity index (χ2v) is 4.29. The molecule has 1 atom stereocenters. The van der Waals surface area contributed by atoms with Gasteiger partial charge in [0.1, 0.15) is 6.04 Å². The molecule has 114 valence electrons. The van der Waals surface area contributed by atoms with Crippen LogP contribution in [0, 0.1) is 0 Å². The number of amides is 3. The van der Waals surface area contributed by atoms with Gasteiger partial charge in [0.2, 0.25) is 5.91 Å². The van der Waals surface area contributed by atoms with E-state index in [0.717, 1.165) is 0 Å². The summed E-state index contributed by atoms with van der Waals surface area (Å²) in [6, 6.07) is -1.98. The number of nitrogens with one attached hydrogen (secondary N) is 2. The van der Waals surface area contributed by atoms with Gasteiger partial charge in [0.15, 0.2) is 0 Å². The van der Waals surface area contributed by atoms with Crippen LogP contribution in [-0.4, -0.2) is 65.7 Å². The summed E-state index contributed by atoms with van der Waals surface area (Å²) in [6.07, 6.45) is -0.0495. The monoisotopic (exact) mass is 289 g/mol. The highest BCUT2D eigenvalue weighted by atomic mass is 16.4. The standard InChI is InChI=1S/C11H19N3O6/c1-14(2)8(15)6-12-11(20)13-7(10(18)19)4-3-5-9(16)17/h7H,3-6H2,1-2H3,(H,16,17)(H,18,19)(H2,12,13,20)/t7-/m1/s1. The molecule has 0 aromatic rings. The number of hydrogen-bond donors (Lipinski definition) is 4. The summed E-state index contributed by atoms with van der Waals surface area (Å²) in [6.45, 7) is -0.250. The van der Waals surface area contributed by atoms with Gasteiger partial charge < -0.3 is 25.7 Å². The maximum atomic E-state index is 11.4. The van der Waals surface area contributed by atoms with Gasteiger partial charge in [0.05, 0.1) is 6.54 Å². The Kier molecular flexibility index (Phi) is 7.71. The summed E-state index contributed by atoms with van der Waals surface area (Å²) in [5.74, 6) is -2.63. The molecule has 9 nitrogen and oxygen atoms in total. The van der Waals surface area contributed by atoms with Crippen LogP contribution in [0.1, 0.15) is 19.3 Å². The van der Waals surface area contributed by atoms with Crippen molar-refractivity contribution in [1.29, 1.82) is 0 Å². The van der Waals surface area contributed by atoms with E-state index in [-0.39, 0.29) is 31.7 Å². The van der Waals surface area contributed by atoms with Gasteiger partial charge in [0, 0.05) is 20.5 Å². The lowest BCUT2D eigenvalue weighted by atomic mass is 10.1. The number of carboxylic acids is 2. The van der Waals surface area contributed by atoms with Crippen LogP contribution in [0.3, 0.4) is 0 Å². The van der Waals surface area contributed by atoms with Crippen LogP contribution >= 0.6 is 0 Å². The predicted molar refractivity (Wildman–Crippen MR) is 68.1 cm³/mol. The molecule has 0 fully saturated rings. The first-order valence-corrected chi connectivity index (χ1v) is 5.93. The minimum atomic E-state index is -1.26. The highest BCUT2D eigenvalue weighted by molar-refractivity contribution is 5.86. The van der Waals surface area contributed by atoms with Crippen molar-refractivity contribution in [2.45, 2.75) is 25.3 Å². The third kappa shape index (κ3) is 7.90. The largest absolute Gasteiger partial charge is 0.481 e. The van der Waals surface area contributed by atoms with Gasteiger partial charge in [-0.15, -0.1) is 0 Å². The number of carboxylic acid groups (broad SMARTS) is 2. The van der Waals surface area contributed by atoms with Crippen LogP contribution in [0.5, 0.6) is 0 Å². The molecule has 0 aliphatic carbocycles. The molecule has 0 aliphatic rings. The van der Waals surface area contributed by atoms with E-state index in [1.165, 1.54) is 19.0 Å². The van der Waals surface area contributed by atoms with Crippen LogP contribution in [-0.2, 0) is 14.4 Å². The van der Waals surface area contributed by atoms with Gasteiger partial charge in [-0.1, -0.05) is 0 Å². The second-order valence-electron chi connectivity index (χ2n) is 4.29. The van der Waals surface area contributed by atoms with Crippen molar-refractivity contribution in [2.75, 3.05) is 20.6 Å². The van der Waals surface area contributed by atoms with Gasteiger partial charge in [-0.25, -0.2) is 9.59 Å². The predicted octanol–water partition coefficient (Wildman–Crippen LogP) is -0.918. The maximum Gasteiger partial charge on any atom is 0.326 e. The fraction of sp³-hybridized carbons (Fsp3) is 0.636. The fourth-order valence-corrected chi connectivity index (χ4v) is 1.24. The van der Waals surface area contributed by atoms with E-state index in [2.05, 4.69) is 10.6 Å². The molecule has 0 rings (SSSR count). The molecule has 0 aromatic carbocycles. The lowest BCUT2D eigenvalue weighted by Gasteiger charge is -2.15. The Morgan fingerprint density at radius 1 is 1.15 bits per heavy atom. The number of aliphatic carboxylic acids is 2. The first kappa shape index (κ1) is 17.7. The number of rotatable bonds is 8. The quantitative estimate of drug-likeness (QED) is 0.456. The SMILES string of the molecule is CN(C)C(=O)CNC(=O)N[C@H](CCCC(=O)O)C(=O)O. The summed E-state index contributed by atoms with van der Waals surface area (Å²) in [4.78, 5) is 45.1. The Hall–Kier alpha value is -2.32. The number of carbonyl (C=O) groups excluding carboxylic acids is 2. The molecular weight excluding hydrogens is 270 g/mol. The Balaban J connectivity index is 4.17. The minimum absolute atomic E-state index is 0.00329. The van der Waals surface area contributed by atoms with Gasteiger partial charge in [-0.3, -0.25) is 9.59 Å². The van der Waals surface area contributed by atoms with E-state index in [4.69, 9.17) is 10.2 Å². The summed E-state index contributed by atoms with van der Waals surface area (Å²) >= 11 is 0. The van der Waals surface area contributed by atoms with E-state index >= 15 is 0 Å². The van der Waals surface area contributed by atoms with Crippen molar-refractivity contribution in [3.8, 4) is 0 Å². The molecule has 0 saturated carbocycles. The average Bonchev–Trinajstić information content (AvgIpc) is 2.33. The Morgan fingerprint density at radius 2 is 1.75 bits per heavy atom. The summed E-state index contributed by atoms with van der Waals surface area (Å²) in [5, 5.41) is 21.7. The van der Waals surface area contributed by atoms with Crippen molar-refractivity contribution in [3.05, 3.63) is 0 Å². The topological polar surface area (TPSA) is 136 Å².